The van der Waals surface area contributed by atoms with Gasteiger partial charge in [0, 0.05) is 17.6 Å². The Balaban J connectivity index is 1.58. The van der Waals surface area contributed by atoms with Crippen molar-refractivity contribution in [1.82, 2.24) is 20.2 Å². The molecule has 1 aromatic carbocycles. The molecular weight excluding hydrogens is 322 g/mol. The molecule has 1 N–H and O–H groups in total. The molecule has 2 aliphatic rings. The first kappa shape index (κ1) is 14.2. The topological polar surface area (TPSA) is 57.7 Å². The number of piperidine rings is 1. The summed E-state index contributed by atoms with van der Waals surface area (Å²) in [7, 11) is 0. The van der Waals surface area contributed by atoms with Gasteiger partial charge in [0.05, 0.1) is 11.2 Å². The molecule has 0 radical (unpaired) electrons. The highest BCUT2D eigenvalue weighted by atomic mass is 35.5. The van der Waals surface area contributed by atoms with Crippen LogP contribution >= 0.6 is 11.6 Å². The number of anilines is 1. The minimum atomic E-state index is 0.626. The summed E-state index contributed by atoms with van der Waals surface area (Å²) in [5.41, 5.74) is 3.14. The molecule has 122 valence electrons. The van der Waals surface area contributed by atoms with Crippen LogP contribution in [0.2, 0.25) is 5.02 Å². The van der Waals surface area contributed by atoms with E-state index in [0.29, 0.717) is 17.1 Å². The van der Waals surface area contributed by atoms with Crippen LogP contribution in [0, 0.1) is 0 Å². The second kappa shape index (κ2) is 5.45. The minimum Gasteiger partial charge on any atom is -0.349 e. The van der Waals surface area contributed by atoms with Gasteiger partial charge in [-0.1, -0.05) is 29.8 Å². The molecule has 0 amide bonds. The SMILES string of the molecule is Clc1ccccc1-c1n[nH]c2nc(N3C4CCCC3CC4)cnc12. The Labute approximate surface area is 145 Å². The van der Waals surface area contributed by atoms with E-state index in [0.717, 1.165) is 28.2 Å². The zero-order chi connectivity index (χ0) is 16.1. The van der Waals surface area contributed by atoms with E-state index >= 15 is 0 Å². The molecule has 2 fully saturated rings. The van der Waals surface area contributed by atoms with Crippen LogP contribution < -0.4 is 4.90 Å². The van der Waals surface area contributed by atoms with Gasteiger partial charge in [0.1, 0.15) is 17.0 Å². The second-order valence-electron chi connectivity index (χ2n) is 6.70. The third-order valence-corrected chi connectivity index (χ3v) is 5.68. The van der Waals surface area contributed by atoms with E-state index in [9.17, 15) is 0 Å². The van der Waals surface area contributed by atoms with E-state index in [1.807, 2.05) is 30.5 Å². The van der Waals surface area contributed by atoms with Gasteiger partial charge in [0.15, 0.2) is 5.65 Å². The second-order valence-corrected chi connectivity index (χ2v) is 7.11. The number of H-pyrrole nitrogens is 1. The summed E-state index contributed by atoms with van der Waals surface area (Å²) in [4.78, 5) is 12.0. The predicted molar refractivity (Wildman–Crippen MR) is 95.3 cm³/mol. The van der Waals surface area contributed by atoms with Crippen LogP contribution in [0.15, 0.2) is 30.5 Å². The molecule has 4 heterocycles. The van der Waals surface area contributed by atoms with E-state index in [2.05, 4.69) is 20.1 Å². The number of hydrogen-bond donors (Lipinski definition) is 1. The van der Waals surface area contributed by atoms with E-state index in [-0.39, 0.29) is 0 Å². The zero-order valence-corrected chi connectivity index (χ0v) is 14.0. The van der Waals surface area contributed by atoms with Crippen LogP contribution in [0.5, 0.6) is 0 Å². The molecule has 6 heteroatoms. The molecule has 3 aromatic rings. The van der Waals surface area contributed by atoms with Gasteiger partial charge in [-0.2, -0.15) is 5.10 Å². The van der Waals surface area contributed by atoms with Crippen LogP contribution in [0.1, 0.15) is 32.1 Å². The molecule has 5 rings (SSSR count). The number of aromatic nitrogens is 4. The minimum absolute atomic E-state index is 0.626. The fourth-order valence-electron chi connectivity index (χ4n) is 4.25. The predicted octanol–water partition coefficient (Wildman–Crippen LogP) is 4.19. The first-order chi connectivity index (χ1) is 11.8. The van der Waals surface area contributed by atoms with Gasteiger partial charge < -0.3 is 4.90 Å². The number of benzene rings is 1. The number of rotatable bonds is 2. The number of nitrogens with one attached hydrogen (secondary N) is 1. The number of aromatic amines is 1. The van der Waals surface area contributed by atoms with Crippen LogP contribution in [0.25, 0.3) is 22.4 Å². The lowest BCUT2D eigenvalue weighted by Gasteiger charge is -2.35. The molecule has 24 heavy (non-hydrogen) atoms. The molecule has 2 unspecified atom stereocenters. The average Bonchev–Trinajstić information content (AvgIpc) is 3.13. The lowest BCUT2D eigenvalue weighted by atomic mass is 10.0. The van der Waals surface area contributed by atoms with Crippen molar-refractivity contribution in [3.05, 3.63) is 35.5 Å². The Hall–Kier alpha value is -2.14. The Kier molecular flexibility index (Phi) is 3.23. The van der Waals surface area contributed by atoms with Crippen molar-refractivity contribution >= 4 is 28.6 Å². The van der Waals surface area contributed by atoms with Crippen LogP contribution in [0.4, 0.5) is 5.82 Å². The van der Waals surface area contributed by atoms with Crippen molar-refractivity contribution in [1.29, 1.82) is 0 Å². The standard InChI is InChI=1S/C18H18ClN5/c19-14-7-2-1-6-13(14)16-17-18(23-22-16)21-15(10-20-17)24-11-4-3-5-12(24)9-8-11/h1-2,6-7,10-12H,3-5,8-9H2,(H,21,22,23). The Morgan fingerprint density at radius 3 is 2.67 bits per heavy atom. The quantitative estimate of drug-likeness (QED) is 0.760. The summed E-state index contributed by atoms with van der Waals surface area (Å²) in [5, 5.41) is 8.12. The summed E-state index contributed by atoms with van der Waals surface area (Å²) < 4.78 is 0. The van der Waals surface area contributed by atoms with Gasteiger partial charge >= 0.3 is 0 Å². The molecule has 5 nitrogen and oxygen atoms in total. The summed E-state index contributed by atoms with van der Waals surface area (Å²) in [6.45, 7) is 0. The Morgan fingerprint density at radius 2 is 1.88 bits per heavy atom. The van der Waals surface area contributed by atoms with Gasteiger partial charge in [-0.25, -0.2) is 9.97 Å². The first-order valence-electron chi connectivity index (χ1n) is 8.55. The number of nitrogens with zero attached hydrogens (tertiary/aromatic N) is 4. The van der Waals surface area contributed by atoms with Crippen molar-refractivity contribution in [3.8, 4) is 11.3 Å². The lowest BCUT2D eigenvalue weighted by molar-refractivity contribution is 0.464. The number of halogens is 1. The maximum Gasteiger partial charge on any atom is 0.177 e. The van der Waals surface area contributed by atoms with Gasteiger partial charge in [-0.05, 0) is 38.2 Å². The molecule has 2 aliphatic heterocycles. The zero-order valence-electron chi connectivity index (χ0n) is 13.2. The van der Waals surface area contributed by atoms with Crippen molar-refractivity contribution < 1.29 is 0 Å². The third kappa shape index (κ3) is 2.11. The van der Waals surface area contributed by atoms with Crippen molar-refractivity contribution in [2.75, 3.05) is 4.90 Å². The summed E-state index contributed by atoms with van der Waals surface area (Å²) in [6, 6.07) is 8.94. The molecule has 0 aliphatic carbocycles. The maximum absolute atomic E-state index is 6.31. The normalized spacial score (nSPS) is 23.1. The van der Waals surface area contributed by atoms with E-state index in [1.165, 1.54) is 32.1 Å². The van der Waals surface area contributed by atoms with Crippen LogP contribution in [-0.4, -0.2) is 32.2 Å². The Morgan fingerprint density at radius 1 is 1.08 bits per heavy atom. The fraction of sp³-hybridized carbons (Fsp3) is 0.389. The largest absolute Gasteiger partial charge is 0.349 e. The first-order valence-corrected chi connectivity index (χ1v) is 8.93. The lowest BCUT2D eigenvalue weighted by Crippen LogP contribution is -2.40. The fourth-order valence-corrected chi connectivity index (χ4v) is 4.47. The highest BCUT2D eigenvalue weighted by Gasteiger charge is 2.37. The van der Waals surface area contributed by atoms with Crippen LogP contribution in [0.3, 0.4) is 0 Å². The molecule has 0 saturated carbocycles. The molecular formula is C18H18ClN5. The van der Waals surface area contributed by atoms with Crippen molar-refractivity contribution in [3.63, 3.8) is 0 Å². The molecule has 2 saturated heterocycles. The number of fused-ring (bicyclic) bond motifs is 3. The van der Waals surface area contributed by atoms with Crippen LogP contribution in [-0.2, 0) is 0 Å². The number of hydrogen-bond acceptors (Lipinski definition) is 4. The smallest absolute Gasteiger partial charge is 0.177 e. The summed E-state index contributed by atoms with van der Waals surface area (Å²) >= 11 is 6.31. The third-order valence-electron chi connectivity index (χ3n) is 5.35. The molecule has 0 spiro atoms. The summed E-state index contributed by atoms with van der Waals surface area (Å²) in [6.07, 6.45) is 8.32. The molecule has 2 atom stereocenters. The van der Waals surface area contributed by atoms with Crippen molar-refractivity contribution in [2.45, 2.75) is 44.2 Å². The van der Waals surface area contributed by atoms with Gasteiger partial charge in [0.25, 0.3) is 0 Å². The van der Waals surface area contributed by atoms with Crippen molar-refractivity contribution in [2.24, 2.45) is 0 Å². The molecule has 2 bridgehead atoms. The average molecular weight is 340 g/mol. The monoisotopic (exact) mass is 339 g/mol. The van der Waals surface area contributed by atoms with E-state index < -0.39 is 0 Å². The molecule has 2 aromatic heterocycles. The van der Waals surface area contributed by atoms with Gasteiger partial charge in [-0.15, -0.1) is 0 Å². The van der Waals surface area contributed by atoms with Gasteiger partial charge in [0.2, 0.25) is 0 Å². The highest BCUT2D eigenvalue weighted by Crippen LogP contribution is 2.39. The maximum atomic E-state index is 6.31. The summed E-state index contributed by atoms with van der Waals surface area (Å²) in [5.74, 6) is 0.976. The highest BCUT2D eigenvalue weighted by molar-refractivity contribution is 6.33. The van der Waals surface area contributed by atoms with E-state index in [4.69, 9.17) is 16.6 Å². The Bertz CT molecular complexity index is 889. The van der Waals surface area contributed by atoms with Gasteiger partial charge in [-0.3, -0.25) is 5.10 Å². The van der Waals surface area contributed by atoms with E-state index in [1.54, 1.807) is 0 Å².